The number of rotatable bonds is 3. The third-order valence-corrected chi connectivity index (χ3v) is 7.34. The summed E-state index contributed by atoms with van der Waals surface area (Å²) < 4.78 is 13.9. The van der Waals surface area contributed by atoms with Crippen molar-refractivity contribution < 1.29 is 14.0 Å². The quantitative estimate of drug-likeness (QED) is 0.470. The molecule has 0 aromatic heterocycles. The van der Waals surface area contributed by atoms with Gasteiger partial charge in [0.25, 0.3) is 11.8 Å². The van der Waals surface area contributed by atoms with Crippen LogP contribution in [0.15, 0.2) is 76.5 Å². The van der Waals surface area contributed by atoms with Gasteiger partial charge in [-0.3, -0.25) is 9.59 Å². The van der Waals surface area contributed by atoms with Gasteiger partial charge in [0.2, 0.25) is 0 Å². The van der Waals surface area contributed by atoms with Gasteiger partial charge in [-0.2, -0.15) is 0 Å². The molecule has 5 rings (SSSR count). The lowest BCUT2D eigenvalue weighted by Crippen LogP contribution is -2.33. The molecule has 0 atom stereocenters. The summed E-state index contributed by atoms with van der Waals surface area (Å²) in [6.45, 7) is 1.75. The number of halogens is 1. The van der Waals surface area contributed by atoms with Gasteiger partial charge < -0.3 is 9.80 Å². The van der Waals surface area contributed by atoms with E-state index in [9.17, 15) is 14.0 Å². The summed E-state index contributed by atoms with van der Waals surface area (Å²) in [5.41, 5.74) is 2.57. The highest BCUT2D eigenvalue weighted by molar-refractivity contribution is 7.99. The van der Waals surface area contributed by atoms with Gasteiger partial charge in [0, 0.05) is 28.4 Å². The number of amides is 2. The Morgan fingerprint density at radius 2 is 1.67 bits per heavy atom. The number of anilines is 1. The summed E-state index contributed by atoms with van der Waals surface area (Å²) in [4.78, 5) is 32.3. The molecule has 0 N–H and O–H groups in total. The van der Waals surface area contributed by atoms with Crippen molar-refractivity contribution in [2.45, 2.75) is 42.0 Å². The third kappa shape index (κ3) is 4.53. The Morgan fingerprint density at radius 1 is 0.879 bits per heavy atom. The molecule has 0 unspecified atom stereocenters. The molecule has 0 spiro atoms. The van der Waals surface area contributed by atoms with Crippen LogP contribution in [0.25, 0.3) is 0 Å². The average Bonchev–Trinajstić information content (AvgIpc) is 3.17. The van der Waals surface area contributed by atoms with Crippen LogP contribution in [0.1, 0.15) is 52.0 Å². The topological polar surface area (TPSA) is 40.6 Å². The van der Waals surface area contributed by atoms with E-state index in [1.54, 1.807) is 11.0 Å². The van der Waals surface area contributed by atoms with E-state index >= 15 is 0 Å². The number of likely N-dealkylation sites (tertiary alicyclic amines) is 1. The van der Waals surface area contributed by atoms with E-state index in [0.717, 1.165) is 48.6 Å². The van der Waals surface area contributed by atoms with Crippen LogP contribution in [-0.4, -0.2) is 29.8 Å². The van der Waals surface area contributed by atoms with Crippen LogP contribution >= 0.6 is 11.8 Å². The van der Waals surface area contributed by atoms with Crippen molar-refractivity contribution in [1.82, 2.24) is 4.90 Å². The maximum Gasteiger partial charge on any atom is 0.259 e. The summed E-state index contributed by atoms with van der Waals surface area (Å²) >= 11 is 1.52. The minimum absolute atomic E-state index is 0.00427. The second kappa shape index (κ2) is 9.40. The highest BCUT2D eigenvalue weighted by Crippen LogP contribution is 2.42. The molecule has 2 amide bonds. The highest BCUT2D eigenvalue weighted by atomic mass is 32.2. The number of nitrogens with zero attached hydrogens (tertiary/aromatic N) is 2. The zero-order valence-corrected chi connectivity index (χ0v) is 19.1. The van der Waals surface area contributed by atoms with E-state index in [1.165, 1.54) is 23.9 Å². The van der Waals surface area contributed by atoms with Crippen LogP contribution in [0.2, 0.25) is 0 Å². The van der Waals surface area contributed by atoms with Crippen LogP contribution in [0.4, 0.5) is 10.1 Å². The zero-order valence-electron chi connectivity index (χ0n) is 18.3. The third-order valence-electron chi connectivity index (χ3n) is 6.20. The maximum absolute atomic E-state index is 13.9. The fourth-order valence-corrected chi connectivity index (χ4v) is 5.54. The van der Waals surface area contributed by atoms with Gasteiger partial charge in [-0.1, -0.05) is 48.9 Å². The Kier molecular flexibility index (Phi) is 6.18. The summed E-state index contributed by atoms with van der Waals surface area (Å²) in [5.74, 6) is -0.486. The van der Waals surface area contributed by atoms with Crippen molar-refractivity contribution in [2.24, 2.45) is 0 Å². The molecule has 0 bridgehead atoms. The van der Waals surface area contributed by atoms with Crippen LogP contribution in [0.3, 0.4) is 0 Å². The molecule has 1 fully saturated rings. The minimum Gasteiger partial charge on any atom is -0.339 e. The van der Waals surface area contributed by atoms with E-state index < -0.39 is 0 Å². The first-order valence-corrected chi connectivity index (χ1v) is 12.2. The molecule has 0 aliphatic carbocycles. The summed E-state index contributed by atoms with van der Waals surface area (Å²) in [5, 5.41) is 0. The van der Waals surface area contributed by atoms with Crippen LogP contribution in [0, 0.1) is 5.82 Å². The predicted octanol–water partition coefficient (Wildman–Crippen LogP) is 6.15. The molecule has 2 heterocycles. The first-order chi connectivity index (χ1) is 16.1. The van der Waals surface area contributed by atoms with E-state index in [0.29, 0.717) is 22.4 Å². The van der Waals surface area contributed by atoms with Crippen molar-refractivity contribution in [3.8, 4) is 0 Å². The Hall–Kier alpha value is -3.12. The summed E-state index contributed by atoms with van der Waals surface area (Å²) in [6.07, 6.45) is 4.34. The number of carbonyl (C=O) groups is 2. The smallest absolute Gasteiger partial charge is 0.259 e. The predicted molar refractivity (Wildman–Crippen MR) is 128 cm³/mol. The number of fused-ring (bicyclic) bond motifs is 2. The Morgan fingerprint density at radius 3 is 2.45 bits per heavy atom. The van der Waals surface area contributed by atoms with E-state index in [1.807, 2.05) is 53.4 Å². The second-order valence-corrected chi connectivity index (χ2v) is 9.59. The van der Waals surface area contributed by atoms with Crippen molar-refractivity contribution in [1.29, 1.82) is 0 Å². The highest BCUT2D eigenvalue weighted by Gasteiger charge is 2.29. The molecule has 0 radical (unpaired) electrons. The van der Waals surface area contributed by atoms with Crippen LogP contribution in [-0.2, 0) is 6.54 Å². The summed E-state index contributed by atoms with van der Waals surface area (Å²) in [7, 11) is 0. The van der Waals surface area contributed by atoms with Gasteiger partial charge in [-0.25, -0.2) is 4.39 Å². The number of benzene rings is 3. The standard InChI is InChI=1S/C27H25FN2O2S/c28-21-9-7-8-19(16-21)18-30-23-17-20(26(31)29-14-5-1-2-6-15-29)12-13-25(23)33-24-11-4-3-10-22(24)27(30)32/h3-4,7-13,16-17H,1-2,5-6,14-15,18H2. The van der Waals surface area contributed by atoms with E-state index in [-0.39, 0.29) is 24.2 Å². The summed E-state index contributed by atoms with van der Waals surface area (Å²) in [6, 6.07) is 19.4. The fraction of sp³-hybridized carbons (Fsp3) is 0.259. The second-order valence-electron chi connectivity index (χ2n) is 8.51. The molecule has 33 heavy (non-hydrogen) atoms. The molecular formula is C27H25FN2O2S. The number of carbonyl (C=O) groups excluding carboxylic acids is 2. The van der Waals surface area contributed by atoms with Gasteiger partial charge in [0.1, 0.15) is 5.82 Å². The monoisotopic (exact) mass is 460 g/mol. The maximum atomic E-state index is 13.9. The minimum atomic E-state index is -0.338. The molecular weight excluding hydrogens is 435 g/mol. The number of hydrogen-bond donors (Lipinski definition) is 0. The van der Waals surface area contributed by atoms with Gasteiger partial charge in [-0.15, -0.1) is 0 Å². The van der Waals surface area contributed by atoms with Gasteiger partial charge >= 0.3 is 0 Å². The Bertz CT molecular complexity index is 1200. The molecule has 1 saturated heterocycles. The molecule has 2 aliphatic rings. The van der Waals surface area contributed by atoms with E-state index in [4.69, 9.17) is 0 Å². The van der Waals surface area contributed by atoms with Crippen molar-refractivity contribution >= 4 is 29.3 Å². The first kappa shape index (κ1) is 21.7. The number of hydrogen-bond acceptors (Lipinski definition) is 3. The SMILES string of the molecule is O=C(c1ccc2c(c1)N(Cc1cccc(F)c1)C(=O)c1ccccc1S2)N1CCCCCC1. The molecule has 2 aliphatic heterocycles. The molecule has 4 nitrogen and oxygen atoms in total. The Labute approximate surface area is 197 Å². The lowest BCUT2D eigenvalue weighted by Gasteiger charge is -2.25. The molecule has 6 heteroatoms. The van der Waals surface area contributed by atoms with Crippen molar-refractivity contribution in [2.75, 3.05) is 18.0 Å². The first-order valence-electron chi connectivity index (χ1n) is 11.4. The van der Waals surface area contributed by atoms with Crippen molar-refractivity contribution in [3.05, 3.63) is 89.2 Å². The average molecular weight is 461 g/mol. The Balaban J connectivity index is 1.56. The molecule has 3 aromatic carbocycles. The van der Waals surface area contributed by atoms with Crippen LogP contribution < -0.4 is 4.90 Å². The van der Waals surface area contributed by atoms with Gasteiger partial charge in [0.05, 0.1) is 17.8 Å². The van der Waals surface area contributed by atoms with Crippen LogP contribution in [0.5, 0.6) is 0 Å². The van der Waals surface area contributed by atoms with Gasteiger partial charge in [-0.05, 0) is 60.9 Å². The zero-order chi connectivity index (χ0) is 22.8. The van der Waals surface area contributed by atoms with E-state index in [2.05, 4.69) is 0 Å². The van der Waals surface area contributed by atoms with Crippen molar-refractivity contribution in [3.63, 3.8) is 0 Å². The molecule has 168 valence electrons. The normalized spacial score (nSPS) is 16.0. The fourth-order valence-electron chi connectivity index (χ4n) is 4.48. The lowest BCUT2D eigenvalue weighted by atomic mass is 10.1. The largest absolute Gasteiger partial charge is 0.339 e. The molecule has 0 saturated carbocycles. The lowest BCUT2D eigenvalue weighted by molar-refractivity contribution is 0.0761. The van der Waals surface area contributed by atoms with Gasteiger partial charge in [0.15, 0.2) is 0 Å². The molecule has 3 aromatic rings.